The van der Waals surface area contributed by atoms with Crippen LogP contribution in [0.1, 0.15) is 0 Å². The average molecular weight is 590 g/mol. The molecule has 0 aliphatic carbocycles. The molecule has 0 fully saturated rings. The third kappa shape index (κ3) is 4.66. The molecule has 0 bridgehead atoms. The summed E-state index contributed by atoms with van der Waals surface area (Å²) in [5, 5.41) is 22.4. The molecular formula is C39H27BN6-. The molecule has 0 saturated carbocycles. The van der Waals surface area contributed by atoms with Crippen LogP contribution < -0.4 is 0 Å². The zero-order chi connectivity index (χ0) is 30.5. The van der Waals surface area contributed by atoms with Gasteiger partial charge in [0, 0.05) is 16.7 Å². The SMILES string of the molecule is c1ccc2cc(-c3ccn([B-](n4ccc(-c5ccc6ccccc6c5)n4)n4ccc(-c5ccc6ccccc6c5)n4)n3)ccc2c1. The Kier molecular flexibility index (Phi) is 6.13. The van der Waals surface area contributed by atoms with E-state index >= 15 is 0 Å². The molecule has 1 radical (unpaired) electrons. The first-order valence-electron chi connectivity index (χ1n) is 15.4. The predicted molar refractivity (Wildman–Crippen MR) is 187 cm³/mol. The van der Waals surface area contributed by atoms with Gasteiger partial charge in [0.2, 0.25) is 0 Å². The molecule has 217 valence electrons. The third-order valence-electron chi connectivity index (χ3n) is 8.67. The van der Waals surface area contributed by atoms with Crippen molar-refractivity contribution in [2.45, 2.75) is 0 Å². The minimum atomic E-state index is -0.461. The van der Waals surface area contributed by atoms with Crippen LogP contribution in [-0.4, -0.2) is 36.2 Å². The van der Waals surface area contributed by atoms with Crippen molar-refractivity contribution >= 4 is 39.4 Å². The minimum Gasteiger partial charge on any atom is -0.424 e. The molecule has 0 aliphatic rings. The topological polar surface area (TPSA) is 53.5 Å². The Hall–Kier alpha value is -6.21. The van der Waals surface area contributed by atoms with Crippen LogP contribution in [0.3, 0.4) is 0 Å². The van der Waals surface area contributed by atoms with Crippen molar-refractivity contribution in [2.75, 3.05) is 0 Å². The van der Waals surface area contributed by atoms with Crippen LogP contribution in [-0.2, 0) is 0 Å². The lowest BCUT2D eigenvalue weighted by Gasteiger charge is -2.29. The predicted octanol–water partition coefficient (Wildman–Crippen LogP) is 8.67. The normalized spacial score (nSPS) is 11.7. The molecule has 46 heavy (non-hydrogen) atoms. The van der Waals surface area contributed by atoms with Crippen LogP contribution in [0.15, 0.2) is 164 Å². The molecule has 3 aromatic heterocycles. The molecule has 0 amide bonds. The second-order valence-corrected chi connectivity index (χ2v) is 11.6. The van der Waals surface area contributed by atoms with Gasteiger partial charge in [-0.3, -0.25) is 0 Å². The van der Waals surface area contributed by atoms with Crippen LogP contribution in [0.2, 0.25) is 0 Å². The first kappa shape index (κ1) is 26.2. The summed E-state index contributed by atoms with van der Waals surface area (Å²) >= 11 is 0. The Morgan fingerprint density at radius 2 is 0.630 bits per heavy atom. The lowest BCUT2D eigenvalue weighted by Crippen LogP contribution is -2.42. The van der Waals surface area contributed by atoms with Crippen molar-refractivity contribution < 1.29 is 0 Å². The van der Waals surface area contributed by atoms with E-state index in [1.165, 1.54) is 32.3 Å². The Morgan fingerprint density at radius 1 is 0.326 bits per heavy atom. The summed E-state index contributed by atoms with van der Waals surface area (Å²) in [7, 11) is -0.461. The van der Waals surface area contributed by atoms with Crippen molar-refractivity contribution in [3.63, 3.8) is 0 Å². The zero-order valence-electron chi connectivity index (χ0n) is 24.8. The number of hydrogen-bond acceptors (Lipinski definition) is 3. The number of aromatic nitrogens is 6. The molecule has 0 saturated heterocycles. The molecular weight excluding hydrogens is 563 g/mol. The van der Waals surface area contributed by atoms with Gasteiger partial charge in [0.25, 0.3) is 7.12 Å². The summed E-state index contributed by atoms with van der Waals surface area (Å²) in [6.07, 6.45) is 6.01. The fourth-order valence-corrected chi connectivity index (χ4v) is 6.27. The van der Waals surface area contributed by atoms with E-state index in [9.17, 15) is 0 Å². The lowest BCUT2D eigenvalue weighted by atomic mass is 9.96. The maximum Gasteiger partial charge on any atom is 0.260 e. The number of fused-ring (bicyclic) bond motifs is 3. The zero-order valence-corrected chi connectivity index (χ0v) is 24.8. The van der Waals surface area contributed by atoms with Crippen LogP contribution >= 0.6 is 0 Å². The molecule has 0 N–H and O–H groups in total. The third-order valence-corrected chi connectivity index (χ3v) is 8.67. The summed E-state index contributed by atoms with van der Waals surface area (Å²) in [6, 6.07) is 50.7. The van der Waals surface area contributed by atoms with Gasteiger partial charge in [0.05, 0.1) is 17.1 Å². The summed E-state index contributed by atoms with van der Waals surface area (Å²) < 4.78 is 5.79. The van der Waals surface area contributed by atoms with Crippen molar-refractivity contribution in [1.29, 1.82) is 0 Å². The summed E-state index contributed by atoms with van der Waals surface area (Å²) in [5.74, 6) is 0. The van der Waals surface area contributed by atoms with Gasteiger partial charge in [-0.15, -0.1) is 0 Å². The highest BCUT2D eigenvalue weighted by Gasteiger charge is 2.15. The highest BCUT2D eigenvalue weighted by atomic mass is 15.4. The molecule has 3 heterocycles. The van der Waals surface area contributed by atoms with Gasteiger partial charge >= 0.3 is 0 Å². The Balaban J connectivity index is 1.13. The molecule has 9 aromatic rings. The van der Waals surface area contributed by atoms with Crippen molar-refractivity contribution in [3.05, 3.63) is 164 Å². The standard InChI is InChI=1S/C39H27BN6/c1-4-10-31-25-34(16-13-28(31)7-1)37-19-22-44(41-37)40(45-23-20-38(42-45)35-17-14-29-8-2-5-11-32(29)26-35)46-24-21-39(43-46)36-18-15-30-9-3-6-12-33(30)27-36/h1-27H/q-1. The largest absolute Gasteiger partial charge is 0.424 e. The van der Waals surface area contributed by atoms with Gasteiger partial charge in [-0.05, 0) is 87.3 Å². The summed E-state index contributed by atoms with van der Waals surface area (Å²) in [5.41, 5.74) is 5.85. The van der Waals surface area contributed by atoms with Crippen LogP contribution in [0.5, 0.6) is 0 Å². The fourth-order valence-electron chi connectivity index (χ4n) is 6.27. The number of hydrogen-bond donors (Lipinski definition) is 0. The Morgan fingerprint density at radius 3 is 0.957 bits per heavy atom. The van der Waals surface area contributed by atoms with E-state index in [0.29, 0.717) is 0 Å². The monoisotopic (exact) mass is 590 g/mol. The van der Waals surface area contributed by atoms with Crippen LogP contribution in [0.25, 0.3) is 66.1 Å². The molecule has 0 atom stereocenters. The van der Waals surface area contributed by atoms with E-state index in [0.717, 1.165) is 33.8 Å². The average Bonchev–Trinajstić information content (AvgIpc) is 3.91. The highest BCUT2D eigenvalue weighted by molar-refractivity contribution is 6.52. The van der Waals surface area contributed by atoms with Gasteiger partial charge in [-0.25, -0.2) is 15.3 Å². The Labute approximate surface area is 265 Å². The second-order valence-electron chi connectivity index (χ2n) is 11.6. The minimum absolute atomic E-state index is 0.461. The van der Waals surface area contributed by atoms with Gasteiger partial charge < -0.3 is 13.8 Å². The van der Waals surface area contributed by atoms with Crippen LogP contribution in [0, 0.1) is 0 Å². The lowest BCUT2D eigenvalue weighted by molar-refractivity contribution is 0.775. The second kappa shape index (κ2) is 10.8. The van der Waals surface area contributed by atoms with E-state index in [2.05, 4.69) is 146 Å². The van der Waals surface area contributed by atoms with Gasteiger partial charge in [0.1, 0.15) is 0 Å². The van der Waals surface area contributed by atoms with Crippen molar-refractivity contribution in [3.8, 4) is 33.8 Å². The summed E-state index contributed by atoms with van der Waals surface area (Å²) in [4.78, 5) is 0. The van der Waals surface area contributed by atoms with Crippen molar-refractivity contribution in [2.24, 2.45) is 0 Å². The number of rotatable bonds is 6. The summed E-state index contributed by atoms with van der Waals surface area (Å²) in [6.45, 7) is 0. The quantitative estimate of drug-likeness (QED) is 0.182. The molecule has 7 heteroatoms. The molecule has 0 aliphatic heterocycles. The maximum atomic E-state index is 5.08. The van der Waals surface area contributed by atoms with E-state index in [4.69, 9.17) is 15.3 Å². The fraction of sp³-hybridized carbons (Fsp3) is 0. The van der Waals surface area contributed by atoms with E-state index in [1.807, 2.05) is 32.4 Å². The highest BCUT2D eigenvalue weighted by Crippen LogP contribution is 2.27. The van der Waals surface area contributed by atoms with E-state index in [-0.39, 0.29) is 0 Å². The van der Waals surface area contributed by atoms with Crippen molar-refractivity contribution in [1.82, 2.24) is 29.1 Å². The van der Waals surface area contributed by atoms with E-state index < -0.39 is 7.12 Å². The molecule has 6 nitrogen and oxygen atoms in total. The maximum absolute atomic E-state index is 5.08. The Bertz CT molecular complexity index is 2240. The first-order chi connectivity index (χ1) is 22.7. The molecule has 0 spiro atoms. The van der Waals surface area contributed by atoms with Crippen LogP contribution in [0.4, 0.5) is 0 Å². The van der Waals surface area contributed by atoms with E-state index in [1.54, 1.807) is 0 Å². The van der Waals surface area contributed by atoms with Gasteiger partial charge in [0.15, 0.2) is 0 Å². The number of nitrogens with zero attached hydrogens (tertiary/aromatic N) is 6. The smallest absolute Gasteiger partial charge is 0.260 e. The molecule has 0 unspecified atom stereocenters. The molecule has 6 aromatic carbocycles. The van der Waals surface area contributed by atoms with Gasteiger partial charge in [-0.1, -0.05) is 109 Å². The van der Waals surface area contributed by atoms with Gasteiger partial charge in [-0.2, -0.15) is 0 Å². The first-order valence-corrected chi connectivity index (χ1v) is 15.4. The number of benzene rings is 6. The molecule has 9 rings (SSSR count).